The molecule has 0 atom stereocenters. The molecular formula is C17H16BrNO4. The number of hydrogen-bond donors (Lipinski definition) is 1. The van der Waals surface area contributed by atoms with Crippen LogP contribution in [0.1, 0.15) is 17.1 Å². The van der Waals surface area contributed by atoms with Crippen LogP contribution in [0.5, 0.6) is 0 Å². The van der Waals surface area contributed by atoms with Gasteiger partial charge in [-0.25, -0.2) is 4.79 Å². The fourth-order valence-electron chi connectivity index (χ4n) is 1.79. The molecule has 2 aromatic rings. The third-order valence-corrected chi connectivity index (χ3v) is 3.55. The second-order valence-corrected chi connectivity index (χ2v) is 5.78. The molecule has 1 aromatic carbocycles. The molecule has 23 heavy (non-hydrogen) atoms. The van der Waals surface area contributed by atoms with Crippen molar-refractivity contribution < 1.29 is 18.7 Å². The monoisotopic (exact) mass is 377 g/mol. The summed E-state index contributed by atoms with van der Waals surface area (Å²) in [6, 6.07) is 9.06. The van der Waals surface area contributed by atoms with Gasteiger partial charge in [0.15, 0.2) is 6.61 Å². The van der Waals surface area contributed by atoms with Crippen LogP contribution in [-0.4, -0.2) is 18.5 Å². The highest BCUT2D eigenvalue weighted by atomic mass is 79.9. The molecule has 0 saturated heterocycles. The number of furan rings is 1. The maximum Gasteiger partial charge on any atom is 0.331 e. The van der Waals surface area contributed by atoms with E-state index in [0.29, 0.717) is 11.4 Å². The van der Waals surface area contributed by atoms with Gasteiger partial charge in [-0.1, -0.05) is 6.07 Å². The summed E-state index contributed by atoms with van der Waals surface area (Å²) < 4.78 is 10.9. The maximum absolute atomic E-state index is 11.8. The quantitative estimate of drug-likeness (QED) is 0.634. The van der Waals surface area contributed by atoms with E-state index in [4.69, 9.17) is 9.15 Å². The molecule has 0 saturated carbocycles. The van der Waals surface area contributed by atoms with Crippen molar-refractivity contribution in [1.82, 2.24) is 0 Å². The minimum atomic E-state index is -0.614. The fourth-order valence-corrected chi connectivity index (χ4v) is 2.38. The first kappa shape index (κ1) is 17.0. The number of carbonyl (C=O) groups is 2. The highest BCUT2D eigenvalue weighted by Gasteiger charge is 2.08. The van der Waals surface area contributed by atoms with Gasteiger partial charge in [0.05, 0.1) is 5.69 Å². The molecule has 0 aliphatic heterocycles. The Kier molecular flexibility index (Phi) is 5.76. The zero-order valence-corrected chi connectivity index (χ0v) is 14.3. The first-order chi connectivity index (χ1) is 10.9. The van der Waals surface area contributed by atoms with Crippen molar-refractivity contribution in [1.29, 1.82) is 0 Å². The van der Waals surface area contributed by atoms with E-state index in [1.165, 1.54) is 12.2 Å². The number of anilines is 1. The van der Waals surface area contributed by atoms with Crippen LogP contribution in [0.4, 0.5) is 5.69 Å². The number of amides is 1. The van der Waals surface area contributed by atoms with Gasteiger partial charge in [-0.2, -0.15) is 0 Å². The average Bonchev–Trinajstić information content (AvgIpc) is 2.91. The average molecular weight is 378 g/mol. The maximum atomic E-state index is 11.8. The summed E-state index contributed by atoms with van der Waals surface area (Å²) in [5.41, 5.74) is 1.69. The summed E-state index contributed by atoms with van der Waals surface area (Å²) in [6.45, 7) is 3.40. The summed E-state index contributed by atoms with van der Waals surface area (Å²) >= 11 is 3.36. The molecule has 0 bridgehead atoms. The van der Waals surface area contributed by atoms with Crippen molar-refractivity contribution in [3.63, 3.8) is 0 Å². The van der Waals surface area contributed by atoms with Gasteiger partial charge in [0, 0.05) is 10.5 Å². The standard InChI is InChI=1S/C17H16BrNO4/c1-11-3-7-15(14(18)9-11)19-16(20)10-22-17(21)8-6-13-5-4-12(2)23-13/h3-9H,10H2,1-2H3,(H,19,20)/b8-6+. The van der Waals surface area contributed by atoms with Crippen molar-refractivity contribution in [3.8, 4) is 0 Å². The van der Waals surface area contributed by atoms with Gasteiger partial charge in [-0.05, 0) is 65.7 Å². The Morgan fingerprint density at radius 1 is 1.26 bits per heavy atom. The van der Waals surface area contributed by atoms with E-state index in [1.54, 1.807) is 18.2 Å². The summed E-state index contributed by atoms with van der Waals surface area (Å²) in [4.78, 5) is 23.3. The van der Waals surface area contributed by atoms with E-state index in [-0.39, 0.29) is 6.61 Å². The van der Waals surface area contributed by atoms with Crippen LogP contribution in [0.2, 0.25) is 0 Å². The Labute approximate surface area is 142 Å². The van der Waals surface area contributed by atoms with E-state index >= 15 is 0 Å². The molecule has 1 amide bonds. The lowest BCUT2D eigenvalue weighted by atomic mass is 10.2. The Morgan fingerprint density at radius 3 is 2.70 bits per heavy atom. The molecule has 0 spiro atoms. The first-order valence-corrected chi connectivity index (χ1v) is 7.70. The van der Waals surface area contributed by atoms with Crippen molar-refractivity contribution >= 4 is 39.6 Å². The van der Waals surface area contributed by atoms with E-state index in [9.17, 15) is 9.59 Å². The van der Waals surface area contributed by atoms with E-state index in [1.807, 2.05) is 26.0 Å². The van der Waals surface area contributed by atoms with Gasteiger partial charge in [0.2, 0.25) is 0 Å². The minimum Gasteiger partial charge on any atom is -0.462 e. The Hall–Kier alpha value is -2.34. The largest absolute Gasteiger partial charge is 0.462 e. The Morgan fingerprint density at radius 2 is 2.04 bits per heavy atom. The summed E-state index contributed by atoms with van der Waals surface area (Å²) in [5.74, 6) is 0.274. The fraction of sp³-hybridized carbons (Fsp3) is 0.176. The first-order valence-electron chi connectivity index (χ1n) is 6.91. The van der Waals surface area contributed by atoms with Gasteiger partial charge >= 0.3 is 5.97 Å². The van der Waals surface area contributed by atoms with E-state index < -0.39 is 11.9 Å². The number of halogens is 1. The van der Waals surface area contributed by atoms with Crippen LogP contribution in [-0.2, 0) is 14.3 Å². The van der Waals surface area contributed by atoms with Gasteiger partial charge in [0.25, 0.3) is 5.91 Å². The number of aryl methyl sites for hydroxylation is 2. The number of rotatable bonds is 5. The molecule has 1 N–H and O–H groups in total. The molecule has 2 rings (SSSR count). The third kappa shape index (κ3) is 5.41. The van der Waals surface area contributed by atoms with Gasteiger partial charge in [-0.15, -0.1) is 0 Å². The third-order valence-electron chi connectivity index (χ3n) is 2.89. The molecule has 0 unspecified atom stereocenters. The Balaban J connectivity index is 1.81. The molecule has 120 valence electrons. The van der Waals surface area contributed by atoms with Crippen LogP contribution in [0.25, 0.3) is 6.08 Å². The lowest BCUT2D eigenvalue weighted by molar-refractivity contribution is -0.142. The normalized spacial score (nSPS) is 10.7. The highest BCUT2D eigenvalue weighted by Crippen LogP contribution is 2.23. The molecule has 0 aliphatic rings. The van der Waals surface area contributed by atoms with Crippen LogP contribution >= 0.6 is 15.9 Å². The number of nitrogens with one attached hydrogen (secondary N) is 1. The molecular weight excluding hydrogens is 362 g/mol. The van der Waals surface area contributed by atoms with E-state index in [0.717, 1.165) is 15.8 Å². The molecule has 5 nitrogen and oxygen atoms in total. The summed E-state index contributed by atoms with van der Waals surface area (Å²) in [6.07, 6.45) is 2.71. The zero-order chi connectivity index (χ0) is 16.8. The predicted octanol–water partition coefficient (Wildman–Crippen LogP) is 3.85. The van der Waals surface area contributed by atoms with Crippen molar-refractivity contribution in [2.24, 2.45) is 0 Å². The number of hydrogen-bond acceptors (Lipinski definition) is 4. The molecule has 1 heterocycles. The number of benzene rings is 1. The molecule has 1 aromatic heterocycles. The Bertz CT molecular complexity index is 749. The molecule has 0 fully saturated rings. The lowest BCUT2D eigenvalue weighted by Gasteiger charge is -2.08. The van der Waals surface area contributed by atoms with Gasteiger partial charge in [-0.3, -0.25) is 4.79 Å². The van der Waals surface area contributed by atoms with Crippen LogP contribution in [0.3, 0.4) is 0 Å². The van der Waals surface area contributed by atoms with Crippen molar-refractivity contribution in [3.05, 3.63) is 58.0 Å². The van der Waals surface area contributed by atoms with Gasteiger partial charge in [0.1, 0.15) is 11.5 Å². The van der Waals surface area contributed by atoms with Crippen LogP contribution in [0, 0.1) is 13.8 Å². The molecule has 0 radical (unpaired) electrons. The second-order valence-electron chi connectivity index (χ2n) is 4.92. The zero-order valence-electron chi connectivity index (χ0n) is 12.8. The van der Waals surface area contributed by atoms with Crippen molar-refractivity contribution in [2.75, 3.05) is 11.9 Å². The molecule has 6 heteroatoms. The number of ether oxygens (including phenoxy) is 1. The number of esters is 1. The smallest absolute Gasteiger partial charge is 0.331 e. The second kappa shape index (κ2) is 7.78. The minimum absolute atomic E-state index is 0.360. The SMILES string of the molecule is Cc1ccc(NC(=O)COC(=O)/C=C/c2ccc(C)o2)c(Br)c1. The van der Waals surface area contributed by atoms with Crippen molar-refractivity contribution in [2.45, 2.75) is 13.8 Å². The van der Waals surface area contributed by atoms with Gasteiger partial charge < -0.3 is 14.5 Å². The predicted molar refractivity (Wildman–Crippen MR) is 90.9 cm³/mol. The topological polar surface area (TPSA) is 68.5 Å². The number of carbonyl (C=O) groups excluding carboxylic acids is 2. The summed E-state index contributed by atoms with van der Waals surface area (Å²) in [7, 11) is 0. The van der Waals surface area contributed by atoms with E-state index in [2.05, 4.69) is 21.2 Å². The lowest BCUT2D eigenvalue weighted by Crippen LogP contribution is -2.20. The molecule has 0 aliphatic carbocycles. The summed E-state index contributed by atoms with van der Waals surface area (Å²) in [5, 5.41) is 2.66. The van der Waals surface area contributed by atoms with Crippen LogP contribution in [0.15, 0.2) is 45.3 Å². The highest BCUT2D eigenvalue weighted by molar-refractivity contribution is 9.10. The van der Waals surface area contributed by atoms with Crippen LogP contribution < -0.4 is 5.32 Å².